The summed E-state index contributed by atoms with van der Waals surface area (Å²) in [7, 11) is -1.77. The van der Waals surface area contributed by atoms with Gasteiger partial charge in [0.05, 0.1) is 18.6 Å². The third-order valence-corrected chi connectivity index (χ3v) is 8.54. The normalized spacial score (nSPS) is 18.4. The van der Waals surface area contributed by atoms with Crippen LogP contribution in [0, 0.1) is 5.92 Å². The quantitative estimate of drug-likeness (QED) is 0.620. The minimum atomic E-state index is -3.44. The van der Waals surface area contributed by atoms with Crippen molar-refractivity contribution < 1.29 is 17.9 Å². The number of hydrogen-bond donors (Lipinski definition) is 0. The zero-order valence-corrected chi connectivity index (χ0v) is 20.4. The van der Waals surface area contributed by atoms with Crippen LogP contribution in [0.4, 0.5) is 5.69 Å². The van der Waals surface area contributed by atoms with Gasteiger partial charge >= 0.3 is 0 Å². The smallest absolute Gasteiger partial charge is 0.225 e. The van der Waals surface area contributed by atoms with Crippen LogP contribution in [0.25, 0.3) is 0 Å². The van der Waals surface area contributed by atoms with Gasteiger partial charge in [-0.3, -0.25) is 4.79 Å². The summed E-state index contributed by atoms with van der Waals surface area (Å²) in [6.07, 6.45) is 1.11. The molecule has 0 radical (unpaired) electrons. The van der Waals surface area contributed by atoms with Crippen molar-refractivity contribution in [3.05, 3.63) is 59.1 Å². The van der Waals surface area contributed by atoms with Gasteiger partial charge in [-0.15, -0.1) is 0 Å². The molecule has 0 unspecified atom stereocenters. The Morgan fingerprint density at radius 3 is 2.36 bits per heavy atom. The van der Waals surface area contributed by atoms with Crippen molar-refractivity contribution >= 4 is 33.2 Å². The molecule has 9 heteroatoms. The van der Waals surface area contributed by atoms with Crippen LogP contribution in [-0.4, -0.2) is 69.9 Å². The number of ether oxygens (including phenoxy) is 1. The molecule has 2 saturated heterocycles. The second-order valence-electron chi connectivity index (χ2n) is 8.54. The van der Waals surface area contributed by atoms with Crippen LogP contribution in [0.5, 0.6) is 5.75 Å². The topological polar surface area (TPSA) is 70.2 Å². The largest absolute Gasteiger partial charge is 0.495 e. The molecule has 0 bridgehead atoms. The number of hydrogen-bond acceptors (Lipinski definition) is 5. The molecule has 178 valence electrons. The molecular weight excluding hydrogens is 462 g/mol. The minimum Gasteiger partial charge on any atom is -0.495 e. The Kier molecular flexibility index (Phi) is 7.46. The minimum absolute atomic E-state index is 0.0723. The molecule has 2 aliphatic rings. The summed E-state index contributed by atoms with van der Waals surface area (Å²) in [5.41, 5.74) is 1.72. The highest BCUT2D eigenvalue weighted by Crippen LogP contribution is 2.29. The Morgan fingerprint density at radius 2 is 1.70 bits per heavy atom. The maximum atomic E-state index is 13.1. The summed E-state index contributed by atoms with van der Waals surface area (Å²) in [5.74, 6) is 0.780. The van der Waals surface area contributed by atoms with Crippen LogP contribution in [0.15, 0.2) is 48.5 Å². The third kappa shape index (κ3) is 5.62. The number of para-hydroxylation sites is 2. The summed E-state index contributed by atoms with van der Waals surface area (Å²) in [5, 5.41) is 0.526. The van der Waals surface area contributed by atoms with Crippen LogP contribution in [-0.2, 0) is 20.6 Å². The number of piperidine rings is 1. The number of benzene rings is 2. The van der Waals surface area contributed by atoms with Crippen LogP contribution in [0.2, 0.25) is 5.02 Å². The van der Waals surface area contributed by atoms with E-state index in [9.17, 15) is 13.2 Å². The number of anilines is 1. The van der Waals surface area contributed by atoms with Crippen LogP contribution >= 0.6 is 11.6 Å². The molecule has 7 nitrogen and oxygen atoms in total. The number of methoxy groups -OCH3 is 1. The van der Waals surface area contributed by atoms with Gasteiger partial charge in [-0.25, -0.2) is 12.7 Å². The molecule has 2 aliphatic heterocycles. The van der Waals surface area contributed by atoms with Gasteiger partial charge in [0.15, 0.2) is 0 Å². The van der Waals surface area contributed by atoms with Gasteiger partial charge < -0.3 is 14.5 Å². The summed E-state index contributed by atoms with van der Waals surface area (Å²) in [4.78, 5) is 17.3. The molecule has 2 aromatic rings. The average Bonchev–Trinajstić information content (AvgIpc) is 2.83. The lowest BCUT2D eigenvalue weighted by Crippen LogP contribution is -2.52. The van der Waals surface area contributed by atoms with E-state index >= 15 is 0 Å². The second-order valence-corrected chi connectivity index (χ2v) is 10.9. The summed E-state index contributed by atoms with van der Waals surface area (Å²) in [6, 6.07) is 14.9. The Bertz CT molecular complexity index is 1080. The summed E-state index contributed by atoms with van der Waals surface area (Å²) >= 11 is 5.99. The van der Waals surface area contributed by atoms with E-state index in [4.69, 9.17) is 16.3 Å². The van der Waals surface area contributed by atoms with Crippen molar-refractivity contribution in [1.82, 2.24) is 9.21 Å². The van der Waals surface area contributed by atoms with Gasteiger partial charge in [-0.1, -0.05) is 35.9 Å². The van der Waals surface area contributed by atoms with Crippen molar-refractivity contribution in [2.75, 3.05) is 51.3 Å². The van der Waals surface area contributed by atoms with Gasteiger partial charge in [0, 0.05) is 50.2 Å². The monoisotopic (exact) mass is 491 g/mol. The standard InChI is InChI=1S/C24H30ClN3O4S/c1-32-23-8-3-2-7-22(23)26-13-15-27(16-14-26)24(29)20-9-11-28(12-10-20)33(30,31)18-19-5-4-6-21(25)17-19/h2-8,17,20H,9-16,18H2,1H3. The van der Waals surface area contributed by atoms with E-state index in [2.05, 4.69) is 4.90 Å². The zero-order chi connectivity index (χ0) is 23.4. The predicted molar refractivity (Wildman–Crippen MR) is 130 cm³/mol. The maximum Gasteiger partial charge on any atom is 0.225 e. The molecule has 33 heavy (non-hydrogen) atoms. The molecular formula is C24H30ClN3O4S. The fourth-order valence-corrected chi connectivity index (χ4v) is 6.39. The van der Waals surface area contributed by atoms with Gasteiger partial charge in [0.25, 0.3) is 0 Å². The number of carbonyl (C=O) groups excluding carboxylic acids is 1. The van der Waals surface area contributed by atoms with Gasteiger partial charge in [-0.2, -0.15) is 0 Å². The van der Waals surface area contributed by atoms with Gasteiger partial charge in [-0.05, 0) is 42.7 Å². The lowest BCUT2D eigenvalue weighted by molar-refractivity contribution is -0.137. The van der Waals surface area contributed by atoms with E-state index in [1.54, 1.807) is 31.4 Å². The van der Waals surface area contributed by atoms with E-state index < -0.39 is 10.0 Å². The SMILES string of the molecule is COc1ccccc1N1CCN(C(=O)C2CCN(S(=O)(=O)Cc3cccc(Cl)c3)CC2)CC1. The maximum absolute atomic E-state index is 13.1. The number of amides is 1. The van der Waals surface area contributed by atoms with Crippen molar-refractivity contribution in [2.24, 2.45) is 5.92 Å². The van der Waals surface area contributed by atoms with Crippen molar-refractivity contribution in [2.45, 2.75) is 18.6 Å². The molecule has 0 atom stereocenters. The Morgan fingerprint density at radius 1 is 1.00 bits per heavy atom. The molecule has 0 aromatic heterocycles. The number of sulfonamides is 1. The average molecular weight is 492 g/mol. The van der Waals surface area contributed by atoms with E-state index in [0.717, 1.165) is 24.5 Å². The molecule has 0 aliphatic carbocycles. The first kappa shape index (κ1) is 23.9. The molecule has 4 rings (SSSR count). The van der Waals surface area contributed by atoms with Gasteiger partial charge in [0.1, 0.15) is 5.75 Å². The number of piperazine rings is 1. The molecule has 0 N–H and O–H groups in total. The number of nitrogens with zero attached hydrogens (tertiary/aromatic N) is 3. The molecule has 2 aromatic carbocycles. The van der Waals surface area contributed by atoms with Gasteiger partial charge in [0.2, 0.25) is 15.9 Å². The van der Waals surface area contributed by atoms with Crippen LogP contribution < -0.4 is 9.64 Å². The molecule has 2 fully saturated rings. The molecule has 1 amide bonds. The first-order valence-corrected chi connectivity index (χ1v) is 13.2. The summed E-state index contributed by atoms with van der Waals surface area (Å²) in [6.45, 7) is 3.56. The van der Waals surface area contributed by atoms with Crippen molar-refractivity contribution in [3.8, 4) is 5.75 Å². The highest BCUT2D eigenvalue weighted by molar-refractivity contribution is 7.88. The summed E-state index contributed by atoms with van der Waals surface area (Å²) < 4.78 is 32.7. The Labute approximate surface area is 200 Å². The Balaban J connectivity index is 1.29. The predicted octanol–water partition coefficient (Wildman–Crippen LogP) is 3.24. The molecule has 0 saturated carbocycles. The van der Waals surface area contributed by atoms with Crippen molar-refractivity contribution in [1.29, 1.82) is 0 Å². The highest BCUT2D eigenvalue weighted by atomic mass is 35.5. The fraction of sp³-hybridized carbons (Fsp3) is 0.458. The highest BCUT2D eigenvalue weighted by Gasteiger charge is 2.34. The van der Waals surface area contributed by atoms with E-state index in [1.165, 1.54) is 4.31 Å². The molecule has 0 spiro atoms. The lowest BCUT2D eigenvalue weighted by atomic mass is 9.96. The lowest BCUT2D eigenvalue weighted by Gasteiger charge is -2.39. The van der Waals surface area contributed by atoms with E-state index in [-0.39, 0.29) is 17.6 Å². The zero-order valence-electron chi connectivity index (χ0n) is 18.8. The van der Waals surface area contributed by atoms with Crippen molar-refractivity contribution in [3.63, 3.8) is 0 Å². The number of rotatable bonds is 6. The second kappa shape index (κ2) is 10.3. The first-order valence-electron chi connectivity index (χ1n) is 11.3. The number of carbonyl (C=O) groups is 1. The van der Waals surface area contributed by atoms with Crippen LogP contribution in [0.3, 0.4) is 0 Å². The van der Waals surface area contributed by atoms with Crippen LogP contribution in [0.1, 0.15) is 18.4 Å². The fourth-order valence-electron chi connectivity index (χ4n) is 4.63. The molecule has 2 heterocycles. The number of halogens is 1. The Hall–Kier alpha value is -2.29. The first-order chi connectivity index (χ1) is 15.9. The van der Waals surface area contributed by atoms with E-state index in [1.807, 2.05) is 29.2 Å². The van der Waals surface area contributed by atoms with E-state index in [0.29, 0.717) is 49.6 Å². The third-order valence-electron chi connectivity index (χ3n) is 6.45.